The molecule has 0 unspecified atom stereocenters. The maximum Gasteiger partial charge on any atom is 0.263 e. The Bertz CT molecular complexity index is 642. The van der Waals surface area contributed by atoms with E-state index in [1.54, 1.807) is 28.6 Å². The zero-order chi connectivity index (χ0) is 13.8. The summed E-state index contributed by atoms with van der Waals surface area (Å²) in [4.78, 5) is 21.3. The minimum atomic E-state index is -0.000692. The number of rotatable bonds is 5. The predicted molar refractivity (Wildman–Crippen MR) is 82.8 cm³/mol. The third kappa shape index (κ3) is 3.17. The second kappa shape index (κ2) is 6.52. The summed E-state index contributed by atoms with van der Waals surface area (Å²) in [5.41, 5.74) is 0.526. The molecule has 0 bridgehead atoms. The molecular formula is C13H16BrN3OS. The molecule has 2 heterocycles. The van der Waals surface area contributed by atoms with Crippen molar-refractivity contribution in [3.63, 3.8) is 0 Å². The van der Waals surface area contributed by atoms with Crippen molar-refractivity contribution in [3.8, 4) is 0 Å². The highest BCUT2D eigenvalue weighted by Crippen LogP contribution is 2.19. The number of fused-ring (bicyclic) bond motifs is 1. The zero-order valence-electron chi connectivity index (χ0n) is 11.0. The van der Waals surface area contributed by atoms with Gasteiger partial charge in [-0.1, -0.05) is 25.6 Å². The van der Waals surface area contributed by atoms with Crippen molar-refractivity contribution in [2.24, 2.45) is 0 Å². The molecule has 2 aromatic rings. The van der Waals surface area contributed by atoms with Crippen LogP contribution >= 0.6 is 27.7 Å². The van der Waals surface area contributed by atoms with Crippen LogP contribution in [0.15, 0.2) is 26.7 Å². The Kier molecular flexibility index (Phi) is 4.99. The average molecular weight is 342 g/mol. The van der Waals surface area contributed by atoms with E-state index in [1.165, 1.54) is 0 Å². The first-order valence-electron chi connectivity index (χ1n) is 6.36. The van der Waals surface area contributed by atoms with E-state index in [-0.39, 0.29) is 5.56 Å². The standard InChI is InChI=1S/C13H16BrN3OS/c1-3-5-17-12(18)10-7-9(14)8-15-11(10)16-13(17)19-6-4-2/h7-8H,3-6H2,1-2H3. The number of aromatic nitrogens is 3. The van der Waals surface area contributed by atoms with Gasteiger partial charge in [0.05, 0.1) is 5.39 Å². The number of hydrogen-bond acceptors (Lipinski definition) is 4. The summed E-state index contributed by atoms with van der Waals surface area (Å²) in [5, 5.41) is 1.35. The second-order valence-corrected chi connectivity index (χ2v) is 6.20. The monoisotopic (exact) mass is 341 g/mol. The summed E-state index contributed by atoms with van der Waals surface area (Å²) in [5.74, 6) is 0.957. The quantitative estimate of drug-likeness (QED) is 0.617. The lowest BCUT2D eigenvalue weighted by atomic mass is 10.3. The molecule has 0 aliphatic rings. The van der Waals surface area contributed by atoms with Crippen LogP contribution in [0, 0.1) is 0 Å². The van der Waals surface area contributed by atoms with Gasteiger partial charge < -0.3 is 0 Å². The molecule has 2 rings (SSSR count). The van der Waals surface area contributed by atoms with E-state index in [4.69, 9.17) is 0 Å². The van der Waals surface area contributed by atoms with E-state index in [1.807, 2.05) is 0 Å². The summed E-state index contributed by atoms with van der Waals surface area (Å²) < 4.78 is 2.56. The van der Waals surface area contributed by atoms with Crippen molar-refractivity contribution >= 4 is 38.7 Å². The van der Waals surface area contributed by atoms with Crippen LogP contribution in [0.1, 0.15) is 26.7 Å². The summed E-state index contributed by atoms with van der Waals surface area (Å²) >= 11 is 4.97. The molecule has 0 fully saturated rings. The molecule has 102 valence electrons. The summed E-state index contributed by atoms with van der Waals surface area (Å²) in [6.45, 7) is 4.87. The molecule has 4 nitrogen and oxygen atoms in total. The van der Waals surface area contributed by atoms with Crippen molar-refractivity contribution in [2.75, 3.05) is 5.75 Å². The van der Waals surface area contributed by atoms with Gasteiger partial charge in [0.2, 0.25) is 0 Å². The molecule has 6 heteroatoms. The molecule has 0 amide bonds. The van der Waals surface area contributed by atoms with Crippen LogP contribution in [-0.2, 0) is 6.54 Å². The van der Waals surface area contributed by atoms with E-state index >= 15 is 0 Å². The van der Waals surface area contributed by atoms with Crippen molar-refractivity contribution < 1.29 is 0 Å². The Hall–Kier alpha value is -0.880. The van der Waals surface area contributed by atoms with E-state index in [0.717, 1.165) is 28.2 Å². The Balaban J connectivity index is 2.63. The van der Waals surface area contributed by atoms with Gasteiger partial charge in [-0.15, -0.1) is 0 Å². The molecule has 0 N–H and O–H groups in total. The third-order valence-corrected chi connectivity index (χ3v) is 4.24. The molecule has 0 spiro atoms. The fourth-order valence-electron chi connectivity index (χ4n) is 1.79. The maximum absolute atomic E-state index is 12.5. The smallest absolute Gasteiger partial charge is 0.263 e. The maximum atomic E-state index is 12.5. The van der Waals surface area contributed by atoms with Gasteiger partial charge in [0.1, 0.15) is 0 Å². The molecule has 0 aliphatic heterocycles. The molecule has 0 atom stereocenters. The molecule has 0 radical (unpaired) electrons. The van der Waals surface area contributed by atoms with E-state index in [9.17, 15) is 4.79 Å². The predicted octanol–water partition coefficient (Wildman–Crippen LogP) is 3.47. The molecule has 2 aromatic heterocycles. The van der Waals surface area contributed by atoms with Crippen LogP contribution in [0.25, 0.3) is 11.0 Å². The average Bonchev–Trinajstić information content (AvgIpc) is 2.41. The SMILES string of the molecule is CCCSc1nc2ncc(Br)cc2c(=O)n1CCC. The van der Waals surface area contributed by atoms with E-state index in [0.29, 0.717) is 17.6 Å². The number of halogens is 1. The Morgan fingerprint density at radius 3 is 2.84 bits per heavy atom. The molecule has 0 saturated heterocycles. The van der Waals surface area contributed by atoms with Crippen molar-refractivity contribution in [1.82, 2.24) is 14.5 Å². The Labute approximate surface area is 124 Å². The molecule has 0 aromatic carbocycles. The lowest BCUT2D eigenvalue weighted by molar-refractivity contribution is 0.583. The van der Waals surface area contributed by atoms with Gasteiger partial charge in [0.15, 0.2) is 10.8 Å². The molecule has 0 aliphatic carbocycles. The van der Waals surface area contributed by atoms with Gasteiger partial charge in [-0.05, 0) is 34.8 Å². The summed E-state index contributed by atoms with van der Waals surface area (Å²) in [7, 11) is 0. The topological polar surface area (TPSA) is 47.8 Å². The van der Waals surface area contributed by atoms with Crippen molar-refractivity contribution in [1.29, 1.82) is 0 Å². The Morgan fingerprint density at radius 1 is 1.37 bits per heavy atom. The zero-order valence-corrected chi connectivity index (χ0v) is 13.4. The highest BCUT2D eigenvalue weighted by atomic mass is 79.9. The molecule has 0 saturated carbocycles. The minimum absolute atomic E-state index is 0.000692. The largest absolute Gasteiger partial charge is 0.287 e. The van der Waals surface area contributed by atoms with Crippen LogP contribution in [0.2, 0.25) is 0 Å². The first-order chi connectivity index (χ1) is 9.17. The fraction of sp³-hybridized carbons (Fsp3) is 0.462. The summed E-state index contributed by atoms with van der Waals surface area (Å²) in [6, 6.07) is 1.79. The number of nitrogens with zero attached hydrogens (tertiary/aromatic N) is 3. The third-order valence-electron chi connectivity index (χ3n) is 2.62. The van der Waals surface area contributed by atoms with Crippen LogP contribution < -0.4 is 5.56 Å². The lowest BCUT2D eigenvalue weighted by Gasteiger charge is -2.11. The fourth-order valence-corrected chi connectivity index (χ4v) is 2.99. The molecular weight excluding hydrogens is 326 g/mol. The van der Waals surface area contributed by atoms with Crippen LogP contribution in [0.3, 0.4) is 0 Å². The first-order valence-corrected chi connectivity index (χ1v) is 8.14. The first kappa shape index (κ1) is 14.5. The van der Waals surface area contributed by atoms with Crippen LogP contribution in [-0.4, -0.2) is 20.3 Å². The van der Waals surface area contributed by atoms with Gasteiger partial charge in [-0.3, -0.25) is 9.36 Å². The number of hydrogen-bond donors (Lipinski definition) is 0. The highest BCUT2D eigenvalue weighted by Gasteiger charge is 2.11. The number of pyridine rings is 1. The Morgan fingerprint density at radius 2 is 2.16 bits per heavy atom. The van der Waals surface area contributed by atoms with Crippen LogP contribution in [0.5, 0.6) is 0 Å². The highest BCUT2D eigenvalue weighted by molar-refractivity contribution is 9.10. The minimum Gasteiger partial charge on any atom is -0.287 e. The normalized spacial score (nSPS) is 11.1. The van der Waals surface area contributed by atoms with E-state index in [2.05, 4.69) is 39.7 Å². The molecule has 19 heavy (non-hydrogen) atoms. The van der Waals surface area contributed by atoms with Gasteiger partial charge in [-0.2, -0.15) is 0 Å². The van der Waals surface area contributed by atoms with E-state index < -0.39 is 0 Å². The summed E-state index contributed by atoms with van der Waals surface area (Å²) in [6.07, 6.45) is 3.64. The van der Waals surface area contributed by atoms with Gasteiger partial charge in [0.25, 0.3) is 5.56 Å². The van der Waals surface area contributed by atoms with Crippen molar-refractivity contribution in [3.05, 3.63) is 27.1 Å². The van der Waals surface area contributed by atoms with Gasteiger partial charge >= 0.3 is 0 Å². The number of thioether (sulfide) groups is 1. The van der Waals surface area contributed by atoms with Crippen molar-refractivity contribution in [2.45, 2.75) is 38.4 Å². The second-order valence-electron chi connectivity index (χ2n) is 4.22. The van der Waals surface area contributed by atoms with Gasteiger partial charge in [-0.25, -0.2) is 9.97 Å². The van der Waals surface area contributed by atoms with Crippen LogP contribution in [0.4, 0.5) is 0 Å². The van der Waals surface area contributed by atoms with Gasteiger partial charge in [0, 0.05) is 23.0 Å². The lowest BCUT2D eigenvalue weighted by Crippen LogP contribution is -2.23.